The smallest absolute Gasteiger partial charge is 0.263 e. The number of halogens is 1. The van der Waals surface area contributed by atoms with Crippen LogP contribution < -0.4 is 10.6 Å². The fourth-order valence-corrected chi connectivity index (χ4v) is 3.34. The number of hydrogen-bond acceptors (Lipinski definition) is 4. The number of aromatic nitrogens is 1. The van der Waals surface area contributed by atoms with Crippen molar-refractivity contribution >= 4 is 46.0 Å². The second kappa shape index (κ2) is 6.93. The lowest BCUT2D eigenvalue weighted by atomic mass is 10.2. The van der Waals surface area contributed by atoms with Crippen LogP contribution in [0.15, 0.2) is 30.3 Å². The maximum absolute atomic E-state index is 12.0. The van der Waals surface area contributed by atoms with Crippen LogP contribution in [0.2, 0.25) is 5.02 Å². The van der Waals surface area contributed by atoms with Gasteiger partial charge in [-0.3, -0.25) is 14.9 Å². The van der Waals surface area contributed by atoms with E-state index in [1.807, 2.05) is 18.2 Å². The van der Waals surface area contributed by atoms with E-state index in [0.29, 0.717) is 21.6 Å². The molecule has 0 spiro atoms. The molecule has 23 heavy (non-hydrogen) atoms. The number of rotatable bonds is 3. The number of thiazole rings is 1. The van der Waals surface area contributed by atoms with E-state index < -0.39 is 0 Å². The van der Waals surface area contributed by atoms with Crippen molar-refractivity contribution in [2.75, 3.05) is 11.9 Å². The topological polar surface area (TPSA) is 71.1 Å². The van der Waals surface area contributed by atoms with Gasteiger partial charge in [-0.25, -0.2) is 4.98 Å². The Labute approximate surface area is 142 Å². The summed E-state index contributed by atoms with van der Waals surface area (Å²) in [6.07, 6.45) is 4.62. The first-order chi connectivity index (χ1) is 11.1. The quantitative estimate of drug-likeness (QED) is 0.838. The van der Waals surface area contributed by atoms with E-state index in [2.05, 4.69) is 15.6 Å². The number of carbonyl (C=O) groups excluding carboxylic acids is 2. The summed E-state index contributed by atoms with van der Waals surface area (Å²) in [5.41, 5.74) is 1.51. The summed E-state index contributed by atoms with van der Waals surface area (Å²) in [4.78, 5) is 28.8. The molecule has 0 bridgehead atoms. The van der Waals surface area contributed by atoms with Crippen LogP contribution in [0.1, 0.15) is 27.3 Å². The fourth-order valence-electron chi connectivity index (χ4n) is 2.21. The summed E-state index contributed by atoms with van der Waals surface area (Å²) >= 11 is 7.23. The van der Waals surface area contributed by atoms with Gasteiger partial charge in [0.05, 0.1) is 5.69 Å². The van der Waals surface area contributed by atoms with Crippen molar-refractivity contribution in [2.24, 2.45) is 0 Å². The van der Waals surface area contributed by atoms with Gasteiger partial charge in [0.2, 0.25) is 5.91 Å². The molecule has 5 nitrogen and oxygen atoms in total. The van der Waals surface area contributed by atoms with Crippen LogP contribution in [0.4, 0.5) is 5.13 Å². The van der Waals surface area contributed by atoms with Gasteiger partial charge < -0.3 is 5.32 Å². The molecular formula is C16H14ClN3O2S. The van der Waals surface area contributed by atoms with Gasteiger partial charge in [-0.1, -0.05) is 41.1 Å². The summed E-state index contributed by atoms with van der Waals surface area (Å²) in [5.74, 6) is -0.434. The van der Waals surface area contributed by atoms with Gasteiger partial charge in [-0.15, -0.1) is 0 Å². The van der Waals surface area contributed by atoms with E-state index in [1.54, 1.807) is 12.1 Å². The summed E-state index contributed by atoms with van der Waals surface area (Å²) in [6.45, 7) is 0.657. The number of nitrogens with one attached hydrogen (secondary N) is 2. The maximum Gasteiger partial charge on any atom is 0.263 e. The molecule has 118 valence electrons. The van der Waals surface area contributed by atoms with Crippen LogP contribution in [0.5, 0.6) is 0 Å². The number of benzene rings is 1. The summed E-state index contributed by atoms with van der Waals surface area (Å²) in [5, 5.41) is 6.51. The van der Waals surface area contributed by atoms with Crippen LogP contribution in [-0.2, 0) is 11.2 Å². The normalized spacial score (nSPS) is 14.2. The molecule has 0 aliphatic carbocycles. The molecule has 1 aromatic carbocycles. The van der Waals surface area contributed by atoms with E-state index in [-0.39, 0.29) is 11.8 Å². The van der Waals surface area contributed by atoms with Crippen molar-refractivity contribution in [1.82, 2.24) is 10.3 Å². The number of fused-ring (bicyclic) bond motifs is 1. The zero-order chi connectivity index (χ0) is 16.2. The van der Waals surface area contributed by atoms with Crippen molar-refractivity contribution in [3.05, 3.63) is 51.5 Å². The number of anilines is 1. The van der Waals surface area contributed by atoms with Crippen LogP contribution in [0, 0.1) is 0 Å². The minimum absolute atomic E-state index is 0.123. The predicted molar refractivity (Wildman–Crippen MR) is 91.9 cm³/mol. The molecule has 2 N–H and O–H groups in total. The molecule has 7 heteroatoms. The first kappa shape index (κ1) is 15.7. The lowest BCUT2D eigenvalue weighted by Gasteiger charge is -1.99. The molecule has 0 saturated heterocycles. The Bertz CT molecular complexity index is 785. The van der Waals surface area contributed by atoms with Crippen molar-refractivity contribution < 1.29 is 9.59 Å². The summed E-state index contributed by atoms with van der Waals surface area (Å²) < 4.78 is 0. The second-order valence-corrected chi connectivity index (χ2v) is 6.40. The Hall–Kier alpha value is -2.18. The highest BCUT2D eigenvalue weighted by atomic mass is 35.5. The third-order valence-corrected chi connectivity index (χ3v) is 4.69. The van der Waals surface area contributed by atoms with E-state index >= 15 is 0 Å². The predicted octanol–water partition coefficient (Wildman–Crippen LogP) is 3.12. The number of carbonyl (C=O) groups is 2. The minimum Gasteiger partial charge on any atom is -0.351 e. The molecule has 0 atom stereocenters. The molecule has 3 rings (SSSR count). The van der Waals surface area contributed by atoms with Crippen molar-refractivity contribution in [2.45, 2.75) is 12.8 Å². The summed E-state index contributed by atoms with van der Waals surface area (Å²) in [6, 6.07) is 7.25. The van der Waals surface area contributed by atoms with E-state index in [9.17, 15) is 9.59 Å². The molecule has 2 amide bonds. The molecule has 0 saturated carbocycles. The maximum atomic E-state index is 12.0. The SMILES string of the molecule is O=C(/C=C/c1ccccc1Cl)Nc1nc2c(s1)C(=O)NCCC2. The van der Waals surface area contributed by atoms with Gasteiger partial charge in [-0.05, 0) is 30.5 Å². The Balaban J connectivity index is 1.70. The van der Waals surface area contributed by atoms with Crippen LogP contribution >= 0.6 is 22.9 Å². The Morgan fingerprint density at radius 2 is 2.22 bits per heavy atom. The molecule has 2 heterocycles. The zero-order valence-electron chi connectivity index (χ0n) is 12.1. The van der Waals surface area contributed by atoms with Gasteiger partial charge in [-0.2, -0.15) is 0 Å². The molecule has 0 unspecified atom stereocenters. The lowest BCUT2D eigenvalue weighted by Crippen LogP contribution is -2.21. The molecule has 0 radical (unpaired) electrons. The Morgan fingerprint density at radius 1 is 1.39 bits per heavy atom. The third-order valence-electron chi connectivity index (χ3n) is 3.33. The standard InChI is InChI=1S/C16H14ClN3O2S/c17-11-5-2-1-4-10(11)7-8-13(21)20-16-19-12-6-3-9-18-15(22)14(12)23-16/h1-2,4-5,7-8H,3,6,9H2,(H,18,22)(H,19,20,21)/b8-7+. The molecule has 1 aliphatic heterocycles. The highest BCUT2D eigenvalue weighted by molar-refractivity contribution is 7.17. The van der Waals surface area contributed by atoms with E-state index in [0.717, 1.165) is 24.1 Å². The number of amides is 2. The lowest BCUT2D eigenvalue weighted by molar-refractivity contribution is -0.111. The van der Waals surface area contributed by atoms with Crippen LogP contribution in [-0.4, -0.2) is 23.3 Å². The van der Waals surface area contributed by atoms with E-state index in [4.69, 9.17) is 11.6 Å². The molecule has 2 aromatic rings. The van der Waals surface area contributed by atoms with E-state index in [1.165, 1.54) is 17.4 Å². The molecule has 1 aromatic heterocycles. The van der Waals surface area contributed by atoms with Crippen LogP contribution in [0.25, 0.3) is 6.08 Å². The molecule has 0 fully saturated rings. The first-order valence-electron chi connectivity index (χ1n) is 7.15. The molecular weight excluding hydrogens is 334 g/mol. The Morgan fingerprint density at radius 3 is 3.04 bits per heavy atom. The minimum atomic E-state index is -0.311. The largest absolute Gasteiger partial charge is 0.351 e. The average Bonchev–Trinajstić information content (AvgIpc) is 2.85. The number of nitrogens with zero attached hydrogens (tertiary/aromatic N) is 1. The van der Waals surface area contributed by atoms with Gasteiger partial charge in [0, 0.05) is 17.6 Å². The number of hydrogen-bond donors (Lipinski definition) is 2. The van der Waals surface area contributed by atoms with Gasteiger partial charge >= 0.3 is 0 Å². The van der Waals surface area contributed by atoms with Crippen molar-refractivity contribution in [3.8, 4) is 0 Å². The second-order valence-electron chi connectivity index (χ2n) is 5.00. The van der Waals surface area contributed by atoms with Gasteiger partial charge in [0.25, 0.3) is 5.91 Å². The highest BCUT2D eigenvalue weighted by Crippen LogP contribution is 2.25. The van der Waals surface area contributed by atoms with Crippen molar-refractivity contribution in [1.29, 1.82) is 0 Å². The monoisotopic (exact) mass is 347 g/mol. The average molecular weight is 348 g/mol. The first-order valence-corrected chi connectivity index (χ1v) is 8.34. The van der Waals surface area contributed by atoms with Gasteiger partial charge in [0.1, 0.15) is 4.88 Å². The van der Waals surface area contributed by atoms with Crippen molar-refractivity contribution in [3.63, 3.8) is 0 Å². The van der Waals surface area contributed by atoms with Gasteiger partial charge in [0.15, 0.2) is 5.13 Å². The number of aryl methyl sites for hydroxylation is 1. The van der Waals surface area contributed by atoms with Crippen LogP contribution in [0.3, 0.4) is 0 Å². The summed E-state index contributed by atoms with van der Waals surface area (Å²) in [7, 11) is 0. The Kier molecular flexibility index (Phi) is 4.73. The molecule has 1 aliphatic rings. The third kappa shape index (κ3) is 3.78. The zero-order valence-corrected chi connectivity index (χ0v) is 13.7. The highest BCUT2D eigenvalue weighted by Gasteiger charge is 2.20. The fraction of sp³-hybridized carbons (Fsp3) is 0.188.